The summed E-state index contributed by atoms with van der Waals surface area (Å²) in [4.78, 5) is 0. The fraction of sp³-hybridized carbons (Fsp3) is 0.375. The average molecular weight is 242 g/mol. The van der Waals surface area contributed by atoms with E-state index in [0.717, 1.165) is 48.0 Å². The van der Waals surface area contributed by atoms with Crippen molar-refractivity contribution in [1.29, 1.82) is 0 Å². The van der Waals surface area contributed by atoms with Crippen LogP contribution in [-0.2, 0) is 0 Å². The van der Waals surface area contributed by atoms with Gasteiger partial charge in [-0.05, 0) is 56.0 Å². The Morgan fingerprint density at radius 3 is 3.00 bits per heavy atom. The Bertz CT molecular complexity index is 592. The van der Waals surface area contributed by atoms with Crippen LogP contribution in [0, 0.1) is 6.92 Å². The molecule has 0 fully saturated rings. The van der Waals surface area contributed by atoms with Crippen molar-refractivity contribution in [3.63, 3.8) is 0 Å². The number of hydrogen-bond acceptors (Lipinski definition) is 2. The number of benzene rings is 1. The minimum absolute atomic E-state index is 0.322. The molecule has 94 valence electrons. The number of aliphatic hydroxyl groups excluding tert-OH is 1. The lowest BCUT2D eigenvalue weighted by molar-refractivity contribution is 0.211. The fourth-order valence-electron chi connectivity index (χ4n) is 2.59. The maximum absolute atomic E-state index is 9.82. The first kappa shape index (κ1) is 11.5. The largest absolute Gasteiger partial charge is 0.456 e. The van der Waals surface area contributed by atoms with Crippen LogP contribution in [0.4, 0.5) is 0 Å². The molecular formula is C16H18O2. The summed E-state index contributed by atoms with van der Waals surface area (Å²) in [6.45, 7) is 2.08. The predicted octanol–water partition coefficient (Wildman–Crippen LogP) is 4.06. The molecular weight excluding hydrogens is 224 g/mol. The van der Waals surface area contributed by atoms with E-state index in [0.29, 0.717) is 0 Å². The van der Waals surface area contributed by atoms with Crippen LogP contribution < -0.4 is 0 Å². The first-order chi connectivity index (χ1) is 8.72. The van der Waals surface area contributed by atoms with Gasteiger partial charge in [0.05, 0.1) is 6.10 Å². The zero-order valence-corrected chi connectivity index (χ0v) is 10.6. The third kappa shape index (κ3) is 2.21. The monoisotopic (exact) mass is 242 g/mol. The van der Waals surface area contributed by atoms with Crippen molar-refractivity contribution in [2.75, 3.05) is 0 Å². The van der Waals surface area contributed by atoms with Crippen LogP contribution in [0.5, 0.6) is 0 Å². The summed E-state index contributed by atoms with van der Waals surface area (Å²) in [7, 11) is 0. The first-order valence-corrected chi connectivity index (χ1v) is 6.62. The van der Waals surface area contributed by atoms with Crippen LogP contribution in [0.3, 0.4) is 0 Å². The highest BCUT2D eigenvalue weighted by Crippen LogP contribution is 2.30. The third-order valence-electron chi connectivity index (χ3n) is 3.58. The number of aliphatic hydroxyl groups is 1. The molecule has 1 heterocycles. The van der Waals surface area contributed by atoms with Gasteiger partial charge in [0.15, 0.2) is 0 Å². The predicted molar refractivity (Wildman–Crippen MR) is 73.4 cm³/mol. The summed E-state index contributed by atoms with van der Waals surface area (Å²) < 4.78 is 5.89. The van der Waals surface area contributed by atoms with Gasteiger partial charge in [-0.3, -0.25) is 0 Å². The lowest BCUT2D eigenvalue weighted by atomic mass is 10.1. The molecule has 3 rings (SSSR count). The summed E-state index contributed by atoms with van der Waals surface area (Å²) >= 11 is 0. The molecule has 0 saturated carbocycles. The van der Waals surface area contributed by atoms with Gasteiger partial charge in [-0.2, -0.15) is 0 Å². The van der Waals surface area contributed by atoms with E-state index in [1.54, 1.807) is 0 Å². The summed E-state index contributed by atoms with van der Waals surface area (Å²) in [5.74, 6) is 0.913. The Labute approximate surface area is 107 Å². The average Bonchev–Trinajstić information content (AvgIpc) is 2.63. The molecule has 2 nitrogen and oxygen atoms in total. The molecule has 0 spiro atoms. The normalized spacial score (nSPS) is 20.8. The minimum Gasteiger partial charge on any atom is -0.456 e. The van der Waals surface area contributed by atoms with Gasteiger partial charge in [-0.1, -0.05) is 18.1 Å². The van der Waals surface area contributed by atoms with Gasteiger partial charge in [0.1, 0.15) is 11.3 Å². The quantitative estimate of drug-likeness (QED) is 0.818. The number of fused-ring (bicyclic) bond motifs is 1. The molecule has 2 heteroatoms. The van der Waals surface area contributed by atoms with E-state index in [2.05, 4.69) is 25.1 Å². The molecule has 1 N–H and O–H groups in total. The van der Waals surface area contributed by atoms with E-state index >= 15 is 0 Å². The number of aryl methyl sites for hydroxylation is 1. The molecule has 0 aliphatic heterocycles. The second kappa shape index (κ2) is 4.62. The van der Waals surface area contributed by atoms with E-state index < -0.39 is 0 Å². The lowest BCUT2D eigenvalue weighted by Gasteiger charge is -2.02. The van der Waals surface area contributed by atoms with Crippen LogP contribution in [0.25, 0.3) is 16.5 Å². The molecule has 0 radical (unpaired) electrons. The molecule has 2 aromatic rings. The summed E-state index contributed by atoms with van der Waals surface area (Å²) in [6, 6.07) is 8.30. The molecule has 1 atom stereocenters. The van der Waals surface area contributed by atoms with Gasteiger partial charge in [0.25, 0.3) is 0 Å². The van der Waals surface area contributed by atoms with E-state index in [-0.39, 0.29) is 6.10 Å². The van der Waals surface area contributed by atoms with Gasteiger partial charge in [-0.15, -0.1) is 0 Å². The second-order valence-electron chi connectivity index (χ2n) is 5.16. The molecule has 1 unspecified atom stereocenters. The van der Waals surface area contributed by atoms with Crippen molar-refractivity contribution >= 4 is 16.5 Å². The third-order valence-corrected chi connectivity index (χ3v) is 3.58. The number of hydrogen-bond donors (Lipinski definition) is 1. The minimum atomic E-state index is -0.322. The summed E-state index contributed by atoms with van der Waals surface area (Å²) in [6.07, 6.45) is 5.70. The van der Waals surface area contributed by atoms with E-state index in [1.807, 2.05) is 12.1 Å². The van der Waals surface area contributed by atoms with Crippen molar-refractivity contribution in [3.8, 4) is 0 Å². The van der Waals surface area contributed by atoms with Crippen molar-refractivity contribution in [2.45, 2.75) is 38.7 Å². The Hall–Kier alpha value is -1.54. The fourth-order valence-corrected chi connectivity index (χ4v) is 2.59. The Morgan fingerprint density at radius 1 is 1.22 bits per heavy atom. The van der Waals surface area contributed by atoms with Crippen molar-refractivity contribution in [1.82, 2.24) is 0 Å². The highest BCUT2D eigenvalue weighted by atomic mass is 16.3. The van der Waals surface area contributed by atoms with Crippen LogP contribution in [0.15, 0.2) is 34.8 Å². The standard InChI is InChI=1S/C16H18O2/c1-11-6-7-15-13(8-11)10-16(18-15)12-4-2-3-5-14(17)9-12/h6-10,14,17H,2-5H2,1H3. The van der Waals surface area contributed by atoms with Gasteiger partial charge in [0.2, 0.25) is 0 Å². The van der Waals surface area contributed by atoms with Crippen molar-refractivity contribution < 1.29 is 9.52 Å². The van der Waals surface area contributed by atoms with Gasteiger partial charge >= 0.3 is 0 Å². The number of allylic oxidation sites excluding steroid dienone is 1. The molecule has 1 aromatic carbocycles. The second-order valence-corrected chi connectivity index (χ2v) is 5.16. The van der Waals surface area contributed by atoms with Crippen LogP contribution in [0.1, 0.15) is 37.0 Å². The van der Waals surface area contributed by atoms with Crippen LogP contribution in [-0.4, -0.2) is 11.2 Å². The molecule has 1 aromatic heterocycles. The molecule has 1 aliphatic rings. The van der Waals surface area contributed by atoms with Crippen molar-refractivity contribution in [2.24, 2.45) is 0 Å². The lowest BCUT2D eigenvalue weighted by Crippen LogP contribution is -1.99. The summed E-state index contributed by atoms with van der Waals surface area (Å²) in [5.41, 5.74) is 3.31. The Kier molecular flexibility index (Phi) is 2.96. The highest BCUT2D eigenvalue weighted by Gasteiger charge is 2.14. The van der Waals surface area contributed by atoms with E-state index in [9.17, 15) is 5.11 Å². The van der Waals surface area contributed by atoms with Gasteiger partial charge in [0, 0.05) is 5.39 Å². The zero-order chi connectivity index (χ0) is 12.5. The Balaban J connectivity index is 2.03. The van der Waals surface area contributed by atoms with E-state index in [4.69, 9.17) is 4.42 Å². The van der Waals surface area contributed by atoms with Crippen LogP contribution >= 0.6 is 0 Å². The SMILES string of the molecule is Cc1ccc2oc(C3=CC(O)CCCC3)cc2c1. The first-order valence-electron chi connectivity index (χ1n) is 6.62. The van der Waals surface area contributed by atoms with Gasteiger partial charge < -0.3 is 9.52 Å². The number of rotatable bonds is 1. The van der Waals surface area contributed by atoms with Crippen LogP contribution in [0.2, 0.25) is 0 Å². The molecule has 0 saturated heterocycles. The molecule has 0 amide bonds. The smallest absolute Gasteiger partial charge is 0.134 e. The molecule has 1 aliphatic carbocycles. The van der Waals surface area contributed by atoms with E-state index in [1.165, 1.54) is 5.56 Å². The topological polar surface area (TPSA) is 33.4 Å². The highest BCUT2D eigenvalue weighted by molar-refractivity contribution is 5.82. The van der Waals surface area contributed by atoms with Gasteiger partial charge in [-0.25, -0.2) is 0 Å². The maximum atomic E-state index is 9.82. The Morgan fingerprint density at radius 2 is 2.11 bits per heavy atom. The maximum Gasteiger partial charge on any atom is 0.134 e. The zero-order valence-electron chi connectivity index (χ0n) is 10.6. The molecule has 18 heavy (non-hydrogen) atoms. The molecule has 0 bridgehead atoms. The summed E-state index contributed by atoms with van der Waals surface area (Å²) in [5, 5.41) is 11.0. The number of furan rings is 1. The van der Waals surface area contributed by atoms with Crippen molar-refractivity contribution in [3.05, 3.63) is 41.7 Å².